The molecule has 0 unspecified atom stereocenters. The topological polar surface area (TPSA) is 78.9 Å². The summed E-state index contributed by atoms with van der Waals surface area (Å²) in [5.41, 5.74) is -0.0120. The van der Waals surface area contributed by atoms with Gasteiger partial charge >= 0.3 is 6.18 Å². The predicted octanol–water partition coefficient (Wildman–Crippen LogP) is 5.68. The molecule has 0 spiro atoms. The number of nitrogens with zero attached hydrogens (tertiary/aromatic N) is 1. The van der Waals surface area contributed by atoms with Crippen LogP contribution in [0.2, 0.25) is 0 Å². The van der Waals surface area contributed by atoms with Crippen LogP contribution in [-0.4, -0.2) is 36.7 Å². The third-order valence-corrected chi connectivity index (χ3v) is 6.22. The largest absolute Gasteiger partial charge is 0.494 e. The maximum atomic E-state index is 13.8. The van der Waals surface area contributed by atoms with E-state index in [1.54, 1.807) is 54.6 Å². The molecule has 0 atom stereocenters. The van der Waals surface area contributed by atoms with Gasteiger partial charge in [0.25, 0.3) is 11.8 Å². The van der Waals surface area contributed by atoms with E-state index >= 15 is 0 Å². The average molecular weight is 539 g/mol. The van der Waals surface area contributed by atoms with Crippen molar-refractivity contribution >= 4 is 23.6 Å². The second-order valence-corrected chi connectivity index (χ2v) is 9.21. The Bertz CT molecular complexity index is 1290. The fraction of sp³-hybridized carbons (Fsp3) is 0.267. The van der Waals surface area contributed by atoms with Crippen LogP contribution in [-0.2, 0) is 11.0 Å². The Balaban J connectivity index is 1.68. The highest BCUT2D eigenvalue weighted by Gasteiger charge is 2.30. The first-order chi connectivity index (χ1) is 18.8. The Morgan fingerprint density at radius 1 is 0.974 bits per heavy atom. The lowest BCUT2D eigenvalue weighted by molar-refractivity contribution is -0.137. The van der Waals surface area contributed by atoms with Gasteiger partial charge in [-0.05, 0) is 72.5 Å². The molecule has 0 radical (unpaired) electrons. The van der Waals surface area contributed by atoms with Gasteiger partial charge in [0.2, 0.25) is 0 Å². The van der Waals surface area contributed by atoms with Gasteiger partial charge in [-0.15, -0.1) is 0 Å². The summed E-state index contributed by atoms with van der Waals surface area (Å²) in [6, 6.07) is 19.3. The summed E-state index contributed by atoms with van der Waals surface area (Å²) in [7, 11) is 0. The van der Waals surface area contributed by atoms with Crippen molar-refractivity contribution in [1.29, 1.82) is 0 Å². The van der Waals surface area contributed by atoms with Crippen LogP contribution in [0.5, 0.6) is 5.75 Å². The zero-order valence-corrected chi connectivity index (χ0v) is 21.2. The molecule has 1 aliphatic carbocycles. The summed E-state index contributed by atoms with van der Waals surface area (Å²) in [6.45, 7) is 0.187. The maximum Gasteiger partial charge on any atom is 0.416 e. The number of rotatable bonds is 11. The van der Waals surface area contributed by atoms with E-state index in [4.69, 9.17) is 4.74 Å². The van der Waals surface area contributed by atoms with Crippen LogP contribution in [0.15, 0.2) is 84.6 Å². The summed E-state index contributed by atoms with van der Waals surface area (Å²) >= 11 is 0. The standard InChI is InChI=1S/C30H29F3N2O4/c31-30(32,33)24-12-8-22(9-13-24)20-27(28(37)34-17-18-36)35(25-4-2-1-3-5-25)29(38)23-10-14-26(15-11-23)39-19-16-21-6-7-21/h1-5,8-15,20-21,36H,6-7,16-19H2,(H,34,37)/b27-20-. The number of carbonyl (C=O) groups excluding carboxylic acids is 2. The number of benzene rings is 3. The number of amides is 2. The summed E-state index contributed by atoms with van der Waals surface area (Å²) in [4.78, 5) is 28.3. The molecule has 0 saturated heterocycles. The van der Waals surface area contributed by atoms with Gasteiger partial charge in [0, 0.05) is 17.8 Å². The summed E-state index contributed by atoms with van der Waals surface area (Å²) in [5, 5.41) is 11.8. The first-order valence-electron chi connectivity index (χ1n) is 12.7. The highest BCUT2D eigenvalue weighted by Crippen LogP contribution is 2.33. The molecule has 2 N–H and O–H groups in total. The third-order valence-electron chi connectivity index (χ3n) is 6.22. The van der Waals surface area contributed by atoms with Crippen LogP contribution in [0.3, 0.4) is 0 Å². The molecule has 0 aromatic heterocycles. The van der Waals surface area contributed by atoms with E-state index in [-0.39, 0.29) is 30.0 Å². The minimum absolute atomic E-state index is 0.0765. The second-order valence-electron chi connectivity index (χ2n) is 9.21. The molecule has 1 saturated carbocycles. The lowest BCUT2D eigenvalue weighted by Gasteiger charge is -2.25. The molecule has 0 aliphatic heterocycles. The molecule has 1 aliphatic rings. The Labute approximate surface area is 224 Å². The number of alkyl halides is 3. The van der Waals surface area contributed by atoms with Crippen LogP contribution in [0.25, 0.3) is 6.08 Å². The Hall–Kier alpha value is -4.11. The van der Waals surface area contributed by atoms with Crippen LogP contribution in [0.1, 0.15) is 40.7 Å². The van der Waals surface area contributed by atoms with Crippen molar-refractivity contribution in [3.05, 3.63) is 101 Å². The minimum atomic E-state index is -4.51. The molecule has 1 fully saturated rings. The van der Waals surface area contributed by atoms with E-state index in [1.165, 1.54) is 36.0 Å². The van der Waals surface area contributed by atoms with Crippen molar-refractivity contribution < 1.29 is 32.6 Å². The number of hydrogen-bond acceptors (Lipinski definition) is 4. The van der Waals surface area contributed by atoms with E-state index < -0.39 is 23.6 Å². The van der Waals surface area contributed by atoms with Gasteiger partial charge in [-0.25, -0.2) is 0 Å². The Morgan fingerprint density at radius 3 is 2.23 bits per heavy atom. The van der Waals surface area contributed by atoms with E-state index in [0.717, 1.165) is 24.5 Å². The highest BCUT2D eigenvalue weighted by molar-refractivity contribution is 6.16. The molecule has 3 aromatic carbocycles. The number of carbonyl (C=O) groups is 2. The number of ether oxygens (including phenoxy) is 1. The smallest absolute Gasteiger partial charge is 0.416 e. The predicted molar refractivity (Wildman–Crippen MR) is 142 cm³/mol. The highest BCUT2D eigenvalue weighted by atomic mass is 19.4. The molecule has 9 heteroatoms. The molecule has 39 heavy (non-hydrogen) atoms. The molecule has 0 bridgehead atoms. The van der Waals surface area contributed by atoms with E-state index in [0.29, 0.717) is 18.0 Å². The van der Waals surface area contributed by atoms with Crippen molar-refractivity contribution in [3.63, 3.8) is 0 Å². The number of hydrogen-bond donors (Lipinski definition) is 2. The van der Waals surface area contributed by atoms with E-state index in [2.05, 4.69) is 5.32 Å². The first kappa shape index (κ1) is 27.9. The first-order valence-corrected chi connectivity index (χ1v) is 12.7. The van der Waals surface area contributed by atoms with Gasteiger partial charge in [-0.2, -0.15) is 13.2 Å². The van der Waals surface area contributed by atoms with Crippen LogP contribution in [0, 0.1) is 5.92 Å². The van der Waals surface area contributed by atoms with Crippen molar-refractivity contribution in [2.45, 2.75) is 25.4 Å². The van der Waals surface area contributed by atoms with Gasteiger partial charge in [0.05, 0.1) is 18.8 Å². The zero-order chi connectivity index (χ0) is 27.8. The van der Waals surface area contributed by atoms with Crippen LogP contribution < -0.4 is 15.0 Å². The summed E-state index contributed by atoms with van der Waals surface area (Å²) < 4.78 is 45.0. The Kier molecular flexibility index (Phi) is 9.03. The van der Waals surface area contributed by atoms with Gasteiger partial charge < -0.3 is 15.2 Å². The number of aliphatic hydroxyl groups is 1. The molecule has 2 amide bonds. The lowest BCUT2D eigenvalue weighted by Crippen LogP contribution is -2.39. The van der Waals surface area contributed by atoms with Gasteiger partial charge in [0.1, 0.15) is 11.4 Å². The monoisotopic (exact) mass is 538 g/mol. The van der Waals surface area contributed by atoms with Crippen LogP contribution >= 0.6 is 0 Å². The fourth-order valence-electron chi connectivity index (χ4n) is 3.93. The van der Waals surface area contributed by atoms with Gasteiger partial charge in [-0.3, -0.25) is 14.5 Å². The average Bonchev–Trinajstić information content (AvgIpc) is 3.76. The lowest BCUT2D eigenvalue weighted by atomic mass is 10.1. The molecule has 0 heterocycles. The van der Waals surface area contributed by atoms with E-state index in [1.807, 2.05) is 0 Å². The number of anilines is 1. The van der Waals surface area contributed by atoms with Crippen molar-refractivity contribution in [3.8, 4) is 5.75 Å². The van der Waals surface area contributed by atoms with Gasteiger partial charge in [-0.1, -0.05) is 43.2 Å². The van der Waals surface area contributed by atoms with Crippen molar-refractivity contribution in [2.24, 2.45) is 5.92 Å². The molecule has 3 aromatic rings. The molecular weight excluding hydrogens is 509 g/mol. The molecule has 204 valence electrons. The van der Waals surface area contributed by atoms with E-state index in [9.17, 15) is 27.9 Å². The van der Waals surface area contributed by atoms with Gasteiger partial charge in [0.15, 0.2) is 0 Å². The molecule has 6 nitrogen and oxygen atoms in total. The van der Waals surface area contributed by atoms with Crippen molar-refractivity contribution in [2.75, 3.05) is 24.7 Å². The minimum Gasteiger partial charge on any atom is -0.494 e. The molecular formula is C30H29F3N2O4. The van der Waals surface area contributed by atoms with Crippen molar-refractivity contribution in [1.82, 2.24) is 5.32 Å². The SMILES string of the molecule is O=C(NCCO)/C(=C/c1ccc(C(F)(F)F)cc1)N(C(=O)c1ccc(OCCC2CC2)cc1)c1ccccc1. The Morgan fingerprint density at radius 2 is 1.64 bits per heavy atom. The number of halogens is 3. The van der Waals surface area contributed by atoms with Crippen LogP contribution in [0.4, 0.5) is 18.9 Å². The molecule has 4 rings (SSSR count). The second kappa shape index (κ2) is 12.6. The normalized spacial score (nSPS) is 13.6. The number of nitrogens with one attached hydrogen (secondary N) is 1. The quantitative estimate of drug-likeness (QED) is 0.308. The fourth-order valence-corrected chi connectivity index (χ4v) is 3.93. The summed E-state index contributed by atoms with van der Waals surface area (Å²) in [5.74, 6) is 0.154. The maximum absolute atomic E-state index is 13.8. The zero-order valence-electron chi connectivity index (χ0n) is 21.2. The number of para-hydroxylation sites is 1. The third kappa shape index (κ3) is 7.70. The summed E-state index contributed by atoms with van der Waals surface area (Å²) in [6.07, 6.45) is 0.292. The number of aliphatic hydroxyl groups excluding tert-OH is 1.